The molecule has 0 fully saturated rings. The van der Waals surface area contributed by atoms with Gasteiger partial charge < -0.3 is 9.30 Å². The molecule has 3 aromatic rings. The van der Waals surface area contributed by atoms with E-state index >= 15 is 0 Å². The molecule has 0 radical (unpaired) electrons. The van der Waals surface area contributed by atoms with Gasteiger partial charge >= 0.3 is 6.09 Å². The number of nitrogens with zero attached hydrogens (tertiary/aromatic N) is 2. The highest BCUT2D eigenvalue weighted by molar-refractivity contribution is 7.92. The highest BCUT2D eigenvalue weighted by Crippen LogP contribution is 2.36. The van der Waals surface area contributed by atoms with E-state index in [9.17, 15) is 13.2 Å². The van der Waals surface area contributed by atoms with Gasteiger partial charge in [0.1, 0.15) is 4.21 Å². The molecule has 7 nitrogen and oxygen atoms in total. The van der Waals surface area contributed by atoms with Crippen molar-refractivity contribution in [1.82, 2.24) is 14.3 Å². The van der Waals surface area contributed by atoms with Crippen molar-refractivity contribution in [3.05, 3.63) is 59.5 Å². The number of amides is 1. The summed E-state index contributed by atoms with van der Waals surface area (Å²) in [4.78, 5) is 17.0. The van der Waals surface area contributed by atoms with E-state index in [2.05, 4.69) is 18.8 Å². The Hall–Kier alpha value is -2.65. The molecular weight excluding hydrogens is 434 g/mol. The molecule has 0 atom stereocenters. The average Bonchev–Trinajstić information content (AvgIpc) is 3.30. The monoisotopic (exact) mass is 461 g/mol. The standard InChI is InChI=1S/C22H27N3O4S2/c1-15(2)10-19-12-20(21(30-19)31(27,28)24-22(26)29-16(3)4)18-7-5-6-17(11-18)13-25-9-8-23-14-25/h5-9,11-12,14-16H,10,13H2,1-4H3,(H,24,26). The van der Waals surface area contributed by atoms with E-state index in [1.807, 2.05) is 45.8 Å². The van der Waals surface area contributed by atoms with E-state index < -0.39 is 22.2 Å². The van der Waals surface area contributed by atoms with Crippen molar-refractivity contribution in [3.63, 3.8) is 0 Å². The third-order valence-electron chi connectivity index (χ3n) is 4.33. The van der Waals surface area contributed by atoms with E-state index in [1.54, 1.807) is 26.4 Å². The topological polar surface area (TPSA) is 90.3 Å². The molecule has 9 heteroatoms. The van der Waals surface area contributed by atoms with Crippen LogP contribution in [-0.4, -0.2) is 30.2 Å². The van der Waals surface area contributed by atoms with Crippen LogP contribution in [0.25, 0.3) is 11.1 Å². The number of benzene rings is 1. The molecule has 0 bridgehead atoms. The van der Waals surface area contributed by atoms with Gasteiger partial charge in [0.15, 0.2) is 0 Å². The van der Waals surface area contributed by atoms with Crippen molar-refractivity contribution < 1.29 is 17.9 Å². The molecule has 31 heavy (non-hydrogen) atoms. The van der Waals surface area contributed by atoms with Gasteiger partial charge in [-0.05, 0) is 49.4 Å². The highest BCUT2D eigenvalue weighted by Gasteiger charge is 2.26. The van der Waals surface area contributed by atoms with E-state index in [4.69, 9.17) is 4.74 Å². The Labute approximate surface area is 187 Å². The fourth-order valence-corrected chi connectivity index (χ4v) is 5.98. The van der Waals surface area contributed by atoms with Gasteiger partial charge in [-0.25, -0.2) is 22.9 Å². The predicted molar refractivity (Wildman–Crippen MR) is 122 cm³/mol. The first kappa shape index (κ1) is 23.0. The largest absolute Gasteiger partial charge is 0.446 e. The molecule has 1 aromatic carbocycles. The average molecular weight is 462 g/mol. The summed E-state index contributed by atoms with van der Waals surface area (Å²) < 4.78 is 35.2. The maximum Gasteiger partial charge on any atom is 0.421 e. The minimum absolute atomic E-state index is 0.114. The molecule has 2 aromatic heterocycles. The number of hydrogen-bond acceptors (Lipinski definition) is 6. The molecule has 0 aliphatic rings. The van der Waals surface area contributed by atoms with Gasteiger partial charge in [-0.3, -0.25) is 0 Å². The lowest BCUT2D eigenvalue weighted by atomic mass is 10.0. The zero-order valence-corrected chi connectivity index (χ0v) is 19.7. The fourth-order valence-electron chi connectivity index (χ4n) is 3.15. The first-order chi connectivity index (χ1) is 14.6. The Balaban J connectivity index is 1.99. The van der Waals surface area contributed by atoms with E-state index in [0.29, 0.717) is 18.0 Å². The lowest BCUT2D eigenvalue weighted by Gasteiger charge is -2.11. The van der Waals surface area contributed by atoms with Gasteiger partial charge in [0.2, 0.25) is 0 Å². The zero-order valence-electron chi connectivity index (χ0n) is 18.0. The molecular formula is C22H27N3O4S2. The smallest absolute Gasteiger partial charge is 0.421 e. The van der Waals surface area contributed by atoms with Gasteiger partial charge in [0, 0.05) is 29.4 Å². The SMILES string of the molecule is CC(C)Cc1cc(-c2cccc(Cn3ccnc3)c2)c(S(=O)(=O)NC(=O)OC(C)C)s1. The van der Waals surface area contributed by atoms with Crippen LogP contribution in [0.1, 0.15) is 38.1 Å². The number of hydrogen-bond donors (Lipinski definition) is 1. The van der Waals surface area contributed by atoms with Crippen LogP contribution in [0.2, 0.25) is 0 Å². The second-order valence-corrected chi connectivity index (χ2v) is 11.0. The zero-order chi connectivity index (χ0) is 22.6. The van der Waals surface area contributed by atoms with Crippen LogP contribution in [0.4, 0.5) is 4.79 Å². The van der Waals surface area contributed by atoms with Gasteiger partial charge in [-0.2, -0.15) is 0 Å². The molecule has 166 valence electrons. The number of carbonyl (C=O) groups excluding carboxylic acids is 1. The Morgan fingerprint density at radius 2 is 2.00 bits per heavy atom. The third kappa shape index (κ3) is 6.18. The summed E-state index contributed by atoms with van der Waals surface area (Å²) in [5, 5.41) is 0. The van der Waals surface area contributed by atoms with Crippen molar-refractivity contribution in [2.75, 3.05) is 0 Å². The molecule has 1 N–H and O–H groups in total. The summed E-state index contributed by atoms with van der Waals surface area (Å²) in [6.45, 7) is 8.11. The molecule has 0 aliphatic heterocycles. The second-order valence-electron chi connectivity index (χ2n) is 8.01. The van der Waals surface area contributed by atoms with E-state index in [0.717, 1.165) is 22.4 Å². The quantitative estimate of drug-likeness (QED) is 0.526. The number of aromatic nitrogens is 2. The minimum Gasteiger partial charge on any atom is -0.446 e. The third-order valence-corrected chi connectivity index (χ3v) is 7.33. The summed E-state index contributed by atoms with van der Waals surface area (Å²) in [5.41, 5.74) is 2.38. The number of sulfonamides is 1. The van der Waals surface area contributed by atoms with Crippen LogP contribution in [0.3, 0.4) is 0 Å². The Morgan fingerprint density at radius 3 is 2.65 bits per heavy atom. The van der Waals surface area contributed by atoms with Crippen LogP contribution < -0.4 is 4.72 Å². The van der Waals surface area contributed by atoms with Crippen LogP contribution in [0.5, 0.6) is 0 Å². The number of nitrogens with one attached hydrogen (secondary N) is 1. The van der Waals surface area contributed by atoms with E-state index in [-0.39, 0.29) is 4.21 Å². The lowest BCUT2D eigenvalue weighted by Crippen LogP contribution is -2.32. The number of ether oxygens (including phenoxy) is 1. The van der Waals surface area contributed by atoms with Crippen molar-refractivity contribution in [1.29, 1.82) is 0 Å². The van der Waals surface area contributed by atoms with Crippen molar-refractivity contribution in [2.24, 2.45) is 5.92 Å². The normalized spacial score (nSPS) is 11.8. The molecule has 0 unspecified atom stereocenters. The Bertz CT molecular complexity index is 1130. The second kappa shape index (κ2) is 9.65. The maximum absolute atomic E-state index is 13.0. The molecule has 1 amide bonds. The molecule has 2 heterocycles. The van der Waals surface area contributed by atoms with Crippen molar-refractivity contribution >= 4 is 27.5 Å². The highest BCUT2D eigenvalue weighted by atomic mass is 32.2. The Kier molecular flexibility index (Phi) is 7.17. The minimum atomic E-state index is -4.08. The number of carbonyl (C=O) groups is 1. The summed E-state index contributed by atoms with van der Waals surface area (Å²) in [6, 6.07) is 9.63. The van der Waals surface area contributed by atoms with Crippen LogP contribution in [0.15, 0.2) is 53.3 Å². The predicted octanol–water partition coefficient (Wildman–Crippen LogP) is 4.68. The van der Waals surface area contributed by atoms with Crippen molar-refractivity contribution in [2.45, 2.75) is 51.0 Å². The summed E-state index contributed by atoms with van der Waals surface area (Å²) in [7, 11) is -4.08. The molecule has 0 spiro atoms. The number of imidazole rings is 1. The lowest BCUT2D eigenvalue weighted by molar-refractivity contribution is 0.121. The van der Waals surface area contributed by atoms with Gasteiger partial charge in [-0.15, -0.1) is 11.3 Å². The first-order valence-electron chi connectivity index (χ1n) is 10.0. The van der Waals surface area contributed by atoms with Crippen LogP contribution in [-0.2, 0) is 27.7 Å². The number of thiophene rings is 1. The number of rotatable bonds is 8. The molecule has 0 saturated carbocycles. The molecule has 3 rings (SSSR count). The van der Waals surface area contributed by atoms with Crippen LogP contribution >= 0.6 is 11.3 Å². The summed E-state index contributed by atoms with van der Waals surface area (Å²) in [6.07, 6.45) is 4.67. The molecule has 0 aliphatic carbocycles. The first-order valence-corrected chi connectivity index (χ1v) is 12.3. The van der Waals surface area contributed by atoms with Gasteiger partial charge in [-0.1, -0.05) is 32.0 Å². The van der Waals surface area contributed by atoms with Gasteiger partial charge in [0.25, 0.3) is 10.0 Å². The van der Waals surface area contributed by atoms with E-state index in [1.165, 1.54) is 11.3 Å². The van der Waals surface area contributed by atoms with Crippen LogP contribution in [0, 0.1) is 5.92 Å². The summed E-state index contributed by atoms with van der Waals surface area (Å²) >= 11 is 1.19. The van der Waals surface area contributed by atoms with Crippen molar-refractivity contribution in [3.8, 4) is 11.1 Å². The summed E-state index contributed by atoms with van der Waals surface area (Å²) in [5.74, 6) is 0.369. The van der Waals surface area contributed by atoms with Gasteiger partial charge in [0.05, 0.1) is 12.4 Å². The maximum atomic E-state index is 13.0. The Morgan fingerprint density at radius 1 is 1.23 bits per heavy atom. The molecule has 0 saturated heterocycles. The fraction of sp³-hybridized carbons (Fsp3) is 0.364.